The molecule has 1 amide bonds. The van der Waals surface area contributed by atoms with Gasteiger partial charge in [0.15, 0.2) is 0 Å². The van der Waals surface area contributed by atoms with Gasteiger partial charge < -0.3 is 9.72 Å². The van der Waals surface area contributed by atoms with Gasteiger partial charge in [0.25, 0.3) is 5.91 Å². The lowest BCUT2D eigenvalue weighted by Crippen LogP contribution is -2.28. The van der Waals surface area contributed by atoms with Gasteiger partial charge in [-0.1, -0.05) is 30.7 Å². The Morgan fingerprint density at radius 1 is 1.26 bits per heavy atom. The molecule has 0 aliphatic rings. The number of amides is 1. The van der Waals surface area contributed by atoms with Crippen molar-refractivity contribution < 1.29 is 4.79 Å². The molecule has 0 fully saturated rings. The first kappa shape index (κ1) is 15.3. The third-order valence-electron chi connectivity index (χ3n) is 4.17. The van der Waals surface area contributed by atoms with Gasteiger partial charge in [0.1, 0.15) is 5.65 Å². The average Bonchev–Trinajstić information content (AvgIpc) is 3.00. The van der Waals surface area contributed by atoms with Gasteiger partial charge in [0, 0.05) is 18.6 Å². The molecular formula is C19H21N3O. The van der Waals surface area contributed by atoms with Crippen LogP contribution in [0, 0.1) is 13.8 Å². The van der Waals surface area contributed by atoms with Crippen LogP contribution in [0.3, 0.4) is 0 Å². The molecule has 3 rings (SSSR count). The van der Waals surface area contributed by atoms with Crippen LogP contribution in [0.25, 0.3) is 5.65 Å². The molecule has 1 atom stereocenters. The minimum absolute atomic E-state index is 0.0154. The molecule has 0 bridgehead atoms. The fourth-order valence-electron chi connectivity index (χ4n) is 2.91. The summed E-state index contributed by atoms with van der Waals surface area (Å²) in [7, 11) is 0. The van der Waals surface area contributed by atoms with E-state index in [0.717, 1.165) is 12.1 Å². The number of rotatable bonds is 4. The van der Waals surface area contributed by atoms with Crippen LogP contribution in [-0.2, 0) is 0 Å². The number of hydrogen-bond donors (Lipinski definition) is 1. The number of carbonyl (C=O) groups excluding carboxylic acids is 1. The van der Waals surface area contributed by atoms with Gasteiger partial charge >= 0.3 is 0 Å². The Morgan fingerprint density at radius 3 is 2.83 bits per heavy atom. The maximum absolute atomic E-state index is 12.6. The van der Waals surface area contributed by atoms with Crippen molar-refractivity contribution in [3.05, 3.63) is 71.2 Å². The smallest absolute Gasteiger partial charge is 0.253 e. The first-order valence-corrected chi connectivity index (χ1v) is 7.89. The van der Waals surface area contributed by atoms with Gasteiger partial charge in [0.05, 0.1) is 11.6 Å². The quantitative estimate of drug-likeness (QED) is 0.796. The molecule has 23 heavy (non-hydrogen) atoms. The second kappa shape index (κ2) is 6.24. The van der Waals surface area contributed by atoms with Crippen LogP contribution >= 0.6 is 0 Å². The number of imidazole rings is 1. The van der Waals surface area contributed by atoms with Gasteiger partial charge in [-0.2, -0.15) is 0 Å². The van der Waals surface area contributed by atoms with Gasteiger partial charge in [0.2, 0.25) is 0 Å². The first-order chi connectivity index (χ1) is 11.1. The molecule has 4 nitrogen and oxygen atoms in total. The summed E-state index contributed by atoms with van der Waals surface area (Å²) in [5.41, 5.74) is 5.09. The third kappa shape index (κ3) is 3.11. The molecule has 0 spiro atoms. The maximum Gasteiger partial charge on any atom is 0.253 e. The topological polar surface area (TPSA) is 46.4 Å². The summed E-state index contributed by atoms with van der Waals surface area (Å²) < 4.78 is 1.85. The molecule has 118 valence electrons. The lowest BCUT2D eigenvalue weighted by Gasteiger charge is -2.20. The molecule has 0 aliphatic carbocycles. The Labute approximate surface area is 136 Å². The lowest BCUT2D eigenvalue weighted by atomic mass is 9.97. The molecule has 0 saturated heterocycles. The highest BCUT2D eigenvalue weighted by atomic mass is 16.1. The summed E-state index contributed by atoms with van der Waals surface area (Å²) in [6.45, 7) is 6.26. The summed E-state index contributed by atoms with van der Waals surface area (Å²) in [5, 5.41) is 3.14. The number of benzene rings is 1. The Bertz CT molecular complexity index is 851. The van der Waals surface area contributed by atoms with E-state index >= 15 is 0 Å². The minimum Gasteiger partial charge on any atom is -0.345 e. The van der Waals surface area contributed by atoms with E-state index in [-0.39, 0.29) is 11.9 Å². The Balaban J connectivity index is 1.84. The molecule has 1 aromatic carbocycles. The van der Waals surface area contributed by atoms with E-state index in [1.54, 1.807) is 6.20 Å². The highest BCUT2D eigenvalue weighted by Gasteiger charge is 2.16. The predicted molar refractivity (Wildman–Crippen MR) is 91.6 cm³/mol. The number of fused-ring (bicyclic) bond motifs is 1. The Morgan fingerprint density at radius 2 is 2.09 bits per heavy atom. The fraction of sp³-hybridized carbons (Fsp3) is 0.263. The standard InChI is InChI=1S/C19H21N3O/c1-4-17(16-7-5-13(2)11-14(16)3)21-19(23)15-6-8-18-20-9-10-22(18)12-15/h5-12,17H,4H2,1-3H3,(H,21,23). The fourth-order valence-corrected chi connectivity index (χ4v) is 2.91. The Hall–Kier alpha value is -2.62. The molecule has 0 aliphatic heterocycles. The second-order valence-electron chi connectivity index (χ2n) is 5.90. The van der Waals surface area contributed by atoms with Crippen molar-refractivity contribution in [2.45, 2.75) is 33.2 Å². The molecule has 1 unspecified atom stereocenters. The van der Waals surface area contributed by atoms with E-state index in [2.05, 4.69) is 49.3 Å². The van der Waals surface area contributed by atoms with E-state index < -0.39 is 0 Å². The first-order valence-electron chi connectivity index (χ1n) is 7.89. The number of hydrogen-bond acceptors (Lipinski definition) is 2. The van der Waals surface area contributed by atoms with Crippen LogP contribution in [0.1, 0.15) is 46.4 Å². The highest BCUT2D eigenvalue weighted by molar-refractivity contribution is 5.94. The zero-order chi connectivity index (χ0) is 16.4. The lowest BCUT2D eigenvalue weighted by molar-refractivity contribution is 0.0935. The summed E-state index contributed by atoms with van der Waals surface area (Å²) in [4.78, 5) is 16.8. The molecule has 4 heteroatoms. The van der Waals surface area contributed by atoms with Crippen molar-refractivity contribution in [2.75, 3.05) is 0 Å². The summed E-state index contributed by atoms with van der Waals surface area (Å²) in [6.07, 6.45) is 6.23. The number of carbonyl (C=O) groups is 1. The molecule has 2 heterocycles. The van der Waals surface area contributed by atoms with Gasteiger partial charge in [-0.15, -0.1) is 0 Å². The molecule has 2 aromatic heterocycles. The number of nitrogens with one attached hydrogen (secondary N) is 1. The van der Waals surface area contributed by atoms with E-state index in [1.807, 2.05) is 28.9 Å². The normalized spacial score (nSPS) is 12.3. The number of pyridine rings is 1. The summed E-state index contributed by atoms with van der Waals surface area (Å²) in [5.74, 6) is -0.0626. The van der Waals surface area contributed by atoms with Crippen LogP contribution in [-0.4, -0.2) is 15.3 Å². The summed E-state index contributed by atoms with van der Waals surface area (Å²) in [6, 6.07) is 10.0. The van der Waals surface area contributed by atoms with Crippen molar-refractivity contribution in [2.24, 2.45) is 0 Å². The monoisotopic (exact) mass is 307 g/mol. The molecule has 0 radical (unpaired) electrons. The van der Waals surface area contributed by atoms with E-state index in [1.165, 1.54) is 16.7 Å². The van der Waals surface area contributed by atoms with Crippen LogP contribution in [0.2, 0.25) is 0 Å². The van der Waals surface area contributed by atoms with Gasteiger partial charge in [-0.05, 0) is 43.5 Å². The van der Waals surface area contributed by atoms with E-state index in [4.69, 9.17) is 0 Å². The molecule has 1 N–H and O–H groups in total. The van der Waals surface area contributed by atoms with Crippen molar-refractivity contribution >= 4 is 11.6 Å². The average molecular weight is 307 g/mol. The number of aryl methyl sites for hydroxylation is 2. The Kier molecular flexibility index (Phi) is 4.15. The largest absolute Gasteiger partial charge is 0.345 e. The highest BCUT2D eigenvalue weighted by Crippen LogP contribution is 2.22. The summed E-state index contributed by atoms with van der Waals surface area (Å²) >= 11 is 0. The van der Waals surface area contributed by atoms with Crippen LogP contribution in [0.4, 0.5) is 0 Å². The van der Waals surface area contributed by atoms with Crippen LogP contribution in [0.5, 0.6) is 0 Å². The third-order valence-corrected chi connectivity index (χ3v) is 4.17. The van der Waals surface area contributed by atoms with Crippen LogP contribution < -0.4 is 5.32 Å². The zero-order valence-corrected chi connectivity index (χ0v) is 13.7. The number of nitrogens with zero attached hydrogens (tertiary/aromatic N) is 2. The van der Waals surface area contributed by atoms with Crippen molar-refractivity contribution in [3.8, 4) is 0 Å². The van der Waals surface area contributed by atoms with Crippen LogP contribution in [0.15, 0.2) is 48.9 Å². The van der Waals surface area contributed by atoms with E-state index in [9.17, 15) is 4.79 Å². The molecular weight excluding hydrogens is 286 g/mol. The molecule has 3 aromatic rings. The number of aromatic nitrogens is 2. The van der Waals surface area contributed by atoms with Gasteiger partial charge in [-0.25, -0.2) is 4.98 Å². The predicted octanol–water partition coefficient (Wildman–Crippen LogP) is 3.83. The zero-order valence-electron chi connectivity index (χ0n) is 13.7. The van der Waals surface area contributed by atoms with Gasteiger partial charge in [-0.3, -0.25) is 4.79 Å². The van der Waals surface area contributed by atoms with E-state index in [0.29, 0.717) is 5.56 Å². The van der Waals surface area contributed by atoms with Crippen molar-refractivity contribution in [1.29, 1.82) is 0 Å². The molecule has 0 saturated carbocycles. The van der Waals surface area contributed by atoms with Crippen molar-refractivity contribution in [3.63, 3.8) is 0 Å². The minimum atomic E-state index is -0.0626. The second-order valence-corrected chi connectivity index (χ2v) is 5.90. The SMILES string of the molecule is CCC(NC(=O)c1ccc2nccn2c1)c1ccc(C)cc1C. The maximum atomic E-state index is 12.6. The van der Waals surface area contributed by atoms with Crippen molar-refractivity contribution in [1.82, 2.24) is 14.7 Å².